The lowest BCUT2D eigenvalue weighted by Crippen LogP contribution is -2.06. The smallest absolute Gasteiger partial charge is 0.145 e. The van der Waals surface area contributed by atoms with Crippen molar-refractivity contribution in [2.24, 2.45) is 5.73 Å². The molecule has 88 valence electrons. The van der Waals surface area contributed by atoms with E-state index in [0.29, 0.717) is 5.75 Å². The van der Waals surface area contributed by atoms with Crippen molar-refractivity contribution in [3.63, 3.8) is 0 Å². The van der Waals surface area contributed by atoms with Crippen LogP contribution in [0.3, 0.4) is 0 Å². The summed E-state index contributed by atoms with van der Waals surface area (Å²) in [6, 6.07) is 11.3. The molecular weight excluding hydrogens is 280 g/mol. The third kappa shape index (κ3) is 3.28. The van der Waals surface area contributed by atoms with Crippen molar-refractivity contribution in [3.05, 3.63) is 52.8 Å². The molecule has 0 saturated heterocycles. The molecule has 2 rings (SSSR count). The number of pyridine rings is 1. The quantitative estimate of drug-likeness (QED) is 0.939. The molecule has 17 heavy (non-hydrogen) atoms. The van der Waals surface area contributed by atoms with Gasteiger partial charge in [-0.15, -0.1) is 0 Å². The molecule has 0 spiro atoms. The molecule has 1 unspecified atom stereocenters. The van der Waals surface area contributed by atoms with Crippen molar-refractivity contribution in [2.75, 3.05) is 0 Å². The number of rotatable bonds is 3. The Labute approximate surface area is 109 Å². The van der Waals surface area contributed by atoms with Gasteiger partial charge >= 0.3 is 0 Å². The molecule has 2 N–H and O–H groups in total. The van der Waals surface area contributed by atoms with Gasteiger partial charge in [-0.25, -0.2) is 0 Å². The Morgan fingerprint density at radius 2 is 1.76 bits per heavy atom. The molecule has 1 heterocycles. The van der Waals surface area contributed by atoms with Crippen LogP contribution >= 0.6 is 15.9 Å². The lowest BCUT2D eigenvalue weighted by Gasteiger charge is -2.07. The van der Waals surface area contributed by atoms with Crippen LogP contribution in [0.5, 0.6) is 11.5 Å². The third-order valence-corrected chi connectivity index (χ3v) is 2.80. The summed E-state index contributed by atoms with van der Waals surface area (Å²) in [7, 11) is 0. The van der Waals surface area contributed by atoms with Crippen molar-refractivity contribution in [1.82, 2.24) is 4.98 Å². The van der Waals surface area contributed by atoms with E-state index in [4.69, 9.17) is 10.5 Å². The van der Waals surface area contributed by atoms with Crippen LogP contribution in [0.4, 0.5) is 0 Å². The van der Waals surface area contributed by atoms with Gasteiger partial charge < -0.3 is 10.5 Å². The highest BCUT2D eigenvalue weighted by atomic mass is 79.9. The summed E-state index contributed by atoms with van der Waals surface area (Å²) in [6.45, 7) is 1.90. The maximum atomic E-state index is 5.72. The Morgan fingerprint density at radius 1 is 1.12 bits per heavy atom. The normalized spacial score (nSPS) is 12.2. The number of nitrogens with zero attached hydrogens (tertiary/aromatic N) is 1. The lowest BCUT2D eigenvalue weighted by atomic mass is 10.2. The first kappa shape index (κ1) is 12.1. The summed E-state index contributed by atoms with van der Waals surface area (Å²) < 4.78 is 6.67. The van der Waals surface area contributed by atoms with Gasteiger partial charge in [-0.05, 0) is 43.3 Å². The maximum Gasteiger partial charge on any atom is 0.145 e. The summed E-state index contributed by atoms with van der Waals surface area (Å²) >= 11 is 3.37. The first-order valence-corrected chi connectivity index (χ1v) is 6.09. The van der Waals surface area contributed by atoms with Crippen LogP contribution in [0.25, 0.3) is 0 Å². The highest BCUT2D eigenvalue weighted by Gasteiger charge is 2.02. The number of ether oxygens (including phenoxy) is 1. The highest BCUT2D eigenvalue weighted by Crippen LogP contribution is 2.23. The molecular formula is C13H13BrN2O. The largest absolute Gasteiger partial charge is 0.456 e. The molecule has 2 aromatic rings. The number of nitrogens with two attached hydrogens (primary N) is 1. The molecule has 0 bridgehead atoms. The highest BCUT2D eigenvalue weighted by molar-refractivity contribution is 9.10. The van der Waals surface area contributed by atoms with Crippen molar-refractivity contribution < 1.29 is 4.74 Å². The molecule has 0 amide bonds. The van der Waals surface area contributed by atoms with Crippen molar-refractivity contribution in [2.45, 2.75) is 13.0 Å². The monoisotopic (exact) mass is 292 g/mol. The number of hydrogen-bond acceptors (Lipinski definition) is 3. The van der Waals surface area contributed by atoms with Crippen molar-refractivity contribution >= 4 is 15.9 Å². The molecule has 1 atom stereocenters. The van der Waals surface area contributed by atoms with Crippen molar-refractivity contribution in [3.8, 4) is 11.5 Å². The van der Waals surface area contributed by atoms with E-state index in [0.717, 1.165) is 15.9 Å². The molecule has 0 radical (unpaired) electrons. The minimum atomic E-state index is -0.0586. The van der Waals surface area contributed by atoms with E-state index >= 15 is 0 Å². The zero-order valence-corrected chi connectivity index (χ0v) is 11.0. The van der Waals surface area contributed by atoms with Crippen LogP contribution in [0, 0.1) is 0 Å². The predicted molar refractivity (Wildman–Crippen MR) is 71.1 cm³/mol. The minimum Gasteiger partial charge on any atom is -0.456 e. The van der Waals surface area contributed by atoms with Gasteiger partial charge in [-0.3, -0.25) is 4.98 Å². The van der Waals surface area contributed by atoms with Gasteiger partial charge in [0.2, 0.25) is 0 Å². The summed E-state index contributed by atoms with van der Waals surface area (Å²) in [5.41, 5.74) is 6.58. The van der Waals surface area contributed by atoms with Gasteiger partial charge in [-0.1, -0.05) is 15.9 Å². The fraction of sp³-hybridized carbons (Fsp3) is 0.154. The van der Waals surface area contributed by atoms with Crippen LogP contribution in [0.15, 0.2) is 47.1 Å². The number of hydrogen-bond donors (Lipinski definition) is 1. The number of halogens is 1. The fourth-order valence-electron chi connectivity index (χ4n) is 1.36. The molecule has 0 aliphatic rings. The van der Waals surface area contributed by atoms with E-state index in [2.05, 4.69) is 20.9 Å². The Bertz CT molecular complexity index is 480. The average molecular weight is 293 g/mol. The molecule has 0 saturated carbocycles. The predicted octanol–water partition coefficient (Wildman–Crippen LogP) is 3.66. The van der Waals surface area contributed by atoms with E-state index in [1.807, 2.05) is 43.3 Å². The van der Waals surface area contributed by atoms with Gasteiger partial charge in [0.15, 0.2) is 0 Å². The van der Waals surface area contributed by atoms with Gasteiger partial charge in [0.05, 0.1) is 11.9 Å². The van der Waals surface area contributed by atoms with Crippen LogP contribution in [-0.4, -0.2) is 4.98 Å². The minimum absolute atomic E-state index is 0.0586. The molecule has 4 heteroatoms. The van der Waals surface area contributed by atoms with Gasteiger partial charge in [-0.2, -0.15) is 0 Å². The van der Waals surface area contributed by atoms with Crippen molar-refractivity contribution in [1.29, 1.82) is 0 Å². The Hall–Kier alpha value is -1.39. The molecule has 0 fully saturated rings. The van der Waals surface area contributed by atoms with Crippen LogP contribution < -0.4 is 10.5 Å². The molecule has 1 aromatic heterocycles. The first-order chi connectivity index (χ1) is 8.15. The topological polar surface area (TPSA) is 48.1 Å². The summed E-state index contributed by atoms with van der Waals surface area (Å²) in [4.78, 5) is 4.23. The average Bonchev–Trinajstić information content (AvgIpc) is 2.33. The van der Waals surface area contributed by atoms with Crippen LogP contribution in [-0.2, 0) is 0 Å². The van der Waals surface area contributed by atoms with Crippen LogP contribution in [0.2, 0.25) is 0 Å². The second kappa shape index (κ2) is 5.29. The SMILES string of the molecule is CC(N)c1ccc(Oc2ccc(Br)cc2)cn1. The first-order valence-electron chi connectivity index (χ1n) is 5.30. The maximum absolute atomic E-state index is 5.72. The van der Waals surface area contributed by atoms with Gasteiger partial charge in [0.1, 0.15) is 11.5 Å². The fourth-order valence-corrected chi connectivity index (χ4v) is 1.62. The van der Waals surface area contributed by atoms with Gasteiger partial charge in [0.25, 0.3) is 0 Å². The standard InChI is InChI=1S/C13H13BrN2O/c1-9(15)13-7-6-12(8-16-13)17-11-4-2-10(14)3-5-11/h2-9H,15H2,1H3. The second-order valence-electron chi connectivity index (χ2n) is 3.76. The van der Waals surface area contributed by atoms with Crippen LogP contribution in [0.1, 0.15) is 18.7 Å². The Balaban J connectivity index is 2.11. The second-order valence-corrected chi connectivity index (χ2v) is 4.68. The van der Waals surface area contributed by atoms with E-state index < -0.39 is 0 Å². The Morgan fingerprint density at radius 3 is 2.29 bits per heavy atom. The number of benzene rings is 1. The summed E-state index contributed by atoms with van der Waals surface area (Å²) in [5, 5.41) is 0. The van der Waals surface area contributed by atoms with E-state index in [9.17, 15) is 0 Å². The molecule has 1 aromatic carbocycles. The summed E-state index contributed by atoms with van der Waals surface area (Å²) in [6.07, 6.45) is 1.68. The van der Waals surface area contributed by atoms with E-state index in [1.54, 1.807) is 6.20 Å². The molecule has 0 aliphatic carbocycles. The number of aromatic nitrogens is 1. The zero-order chi connectivity index (χ0) is 12.3. The molecule has 3 nitrogen and oxygen atoms in total. The van der Waals surface area contributed by atoms with E-state index in [1.165, 1.54) is 0 Å². The zero-order valence-electron chi connectivity index (χ0n) is 9.43. The van der Waals surface area contributed by atoms with E-state index in [-0.39, 0.29) is 6.04 Å². The third-order valence-electron chi connectivity index (χ3n) is 2.28. The van der Waals surface area contributed by atoms with Gasteiger partial charge in [0, 0.05) is 10.5 Å². The Kier molecular flexibility index (Phi) is 3.76. The molecule has 0 aliphatic heterocycles. The summed E-state index contributed by atoms with van der Waals surface area (Å²) in [5.74, 6) is 1.49. The lowest BCUT2D eigenvalue weighted by molar-refractivity contribution is 0.479.